The van der Waals surface area contributed by atoms with Crippen molar-refractivity contribution in [2.24, 2.45) is 5.41 Å². The van der Waals surface area contributed by atoms with Gasteiger partial charge in [-0.3, -0.25) is 0 Å². The number of nitrogens with one attached hydrogen (secondary N) is 1. The maximum absolute atomic E-state index is 5.37. The summed E-state index contributed by atoms with van der Waals surface area (Å²) < 4.78 is 10.5. The van der Waals surface area contributed by atoms with Gasteiger partial charge in [0.1, 0.15) is 0 Å². The van der Waals surface area contributed by atoms with Gasteiger partial charge in [-0.25, -0.2) is 0 Å². The quantitative estimate of drug-likeness (QED) is 0.730. The monoisotopic (exact) mass is 201 g/mol. The molecule has 0 aromatic rings. The van der Waals surface area contributed by atoms with Gasteiger partial charge in [-0.05, 0) is 25.2 Å². The molecule has 1 rings (SSSR count). The first-order valence-electron chi connectivity index (χ1n) is 5.46. The molecule has 1 heterocycles. The zero-order valence-corrected chi connectivity index (χ0v) is 9.64. The van der Waals surface area contributed by atoms with Gasteiger partial charge in [0.15, 0.2) is 0 Å². The molecule has 3 heteroatoms. The van der Waals surface area contributed by atoms with E-state index in [2.05, 4.69) is 19.2 Å². The topological polar surface area (TPSA) is 30.5 Å². The van der Waals surface area contributed by atoms with Crippen LogP contribution in [0.4, 0.5) is 0 Å². The molecule has 0 aromatic carbocycles. The van der Waals surface area contributed by atoms with Crippen molar-refractivity contribution in [3.05, 3.63) is 0 Å². The Morgan fingerprint density at radius 2 is 2.07 bits per heavy atom. The summed E-state index contributed by atoms with van der Waals surface area (Å²) in [4.78, 5) is 0. The SMILES string of the molecule is COCC(C)NCC1(C)CCOCC1. The molecule has 1 atom stereocenters. The molecule has 0 saturated carbocycles. The van der Waals surface area contributed by atoms with Gasteiger partial charge in [-0.2, -0.15) is 0 Å². The van der Waals surface area contributed by atoms with E-state index in [1.165, 1.54) is 12.8 Å². The summed E-state index contributed by atoms with van der Waals surface area (Å²) in [6, 6.07) is 0.444. The van der Waals surface area contributed by atoms with E-state index in [4.69, 9.17) is 9.47 Å². The number of hydrogen-bond acceptors (Lipinski definition) is 3. The maximum atomic E-state index is 5.37. The van der Waals surface area contributed by atoms with Gasteiger partial charge in [-0.15, -0.1) is 0 Å². The Kier molecular flexibility index (Phi) is 4.85. The van der Waals surface area contributed by atoms with E-state index in [1.54, 1.807) is 7.11 Å². The van der Waals surface area contributed by atoms with Crippen molar-refractivity contribution in [2.75, 3.05) is 33.5 Å². The van der Waals surface area contributed by atoms with Crippen LogP contribution in [0.15, 0.2) is 0 Å². The molecule has 14 heavy (non-hydrogen) atoms. The van der Waals surface area contributed by atoms with Gasteiger partial charge in [0.2, 0.25) is 0 Å². The lowest BCUT2D eigenvalue weighted by Gasteiger charge is -2.34. The Morgan fingerprint density at radius 1 is 1.43 bits per heavy atom. The molecule has 1 fully saturated rings. The highest BCUT2D eigenvalue weighted by atomic mass is 16.5. The largest absolute Gasteiger partial charge is 0.383 e. The van der Waals surface area contributed by atoms with Crippen molar-refractivity contribution in [3.8, 4) is 0 Å². The summed E-state index contributed by atoms with van der Waals surface area (Å²) in [5.41, 5.74) is 0.417. The highest BCUT2D eigenvalue weighted by Gasteiger charge is 2.27. The second-order valence-electron chi connectivity index (χ2n) is 4.66. The molecule has 3 nitrogen and oxygen atoms in total. The van der Waals surface area contributed by atoms with Gasteiger partial charge < -0.3 is 14.8 Å². The zero-order chi connectivity index (χ0) is 10.4. The van der Waals surface area contributed by atoms with Gasteiger partial charge >= 0.3 is 0 Å². The second-order valence-corrected chi connectivity index (χ2v) is 4.66. The van der Waals surface area contributed by atoms with Crippen LogP contribution < -0.4 is 5.32 Å². The lowest BCUT2D eigenvalue weighted by molar-refractivity contribution is 0.0217. The minimum Gasteiger partial charge on any atom is -0.383 e. The molecule has 1 N–H and O–H groups in total. The summed E-state index contributed by atoms with van der Waals surface area (Å²) in [6.45, 7) is 8.18. The molecule has 0 spiro atoms. The lowest BCUT2D eigenvalue weighted by atomic mass is 9.82. The predicted octanol–water partition coefficient (Wildman–Crippen LogP) is 1.43. The Morgan fingerprint density at radius 3 is 2.64 bits per heavy atom. The summed E-state index contributed by atoms with van der Waals surface area (Å²) in [5, 5.41) is 3.51. The van der Waals surface area contributed by atoms with Crippen molar-refractivity contribution in [3.63, 3.8) is 0 Å². The van der Waals surface area contributed by atoms with Gasteiger partial charge in [0.25, 0.3) is 0 Å². The molecule has 84 valence electrons. The summed E-state index contributed by atoms with van der Waals surface area (Å²) in [7, 11) is 1.74. The van der Waals surface area contributed by atoms with E-state index >= 15 is 0 Å². The van der Waals surface area contributed by atoms with Crippen LogP contribution in [-0.2, 0) is 9.47 Å². The van der Waals surface area contributed by atoms with Gasteiger partial charge in [-0.1, -0.05) is 6.92 Å². The molecule has 1 aliphatic rings. The van der Waals surface area contributed by atoms with E-state index in [9.17, 15) is 0 Å². The fourth-order valence-electron chi connectivity index (χ4n) is 1.77. The second kappa shape index (κ2) is 5.69. The van der Waals surface area contributed by atoms with E-state index < -0.39 is 0 Å². The average molecular weight is 201 g/mol. The van der Waals surface area contributed by atoms with Crippen molar-refractivity contribution in [1.29, 1.82) is 0 Å². The summed E-state index contributed by atoms with van der Waals surface area (Å²) in [6.07, 6.45) is 2.33. The van der Waals surface area contributed by atoms with Gasteiger partial charge in [0, 0.05) is 32.9 Å². The normalized spacial score (nSPS) is 23.4. The fraction of sp³-hybridized carbons (Fsp3) is 1.00. The zero-order valence-electron chi connectivity index (χ0n) is 9.64. The first kappa shape index (κ1) is 12.0. The van der Waals surface area contributed by atoms with Crippen LogP contribution >= 0.6 is 0 Å². The summed E-state index contributed by atoms with van der Waals surface area (Å²) in [5.74, 6) is 0. The van der Waals surface area contributed by atoms with E-state index in [1.807, 2.05) is 0 Å². The smallest absolute Gasteiger partial charge is 0.0613 e. The van der Waals surface area contributed by atoms with Crippen LogP contribution in [0.2, 0.25) is 0 Å². The third-order valence-corrected chi connectivity index (χ3v) is 2.99. The molecule has 0 aliphatic carbocycles. The molecule has 0 radical (unpaired) electrons. The van der Waals surface area contributed by atoms with Crippen LogP contribution in [0.5, 0.6) is 0 Å². The molecular formula is C11H23NO2. The van der Waals surface area contributed by atoms with Crippen LogP contribution in [0.25, 0.3) is 0 Å². The minimum absolute atomic E-state index is 0.417. The highest BCUT2D eigenvalue weighted by Crippen LogP contribution is 2.28. The molecule has 1 unspecified atom stereocenters. The third-order valence-electron chi connectivity index (χ3n) is 2.99. The molecule has 1 aliphatic heterocycles. The van der Waals surface area contributed by atoms with E-state index in [0.717, 1.165) is 26.4 Å². The number of methoxy groups -OCH3 is 1. The first-order chi connectivity index (χ1) is 6.66. The van der Waals surface area contributed by atoms with Crippen LogP contribution in [-0.4, -0.2) is 39.5 Å². The predicted molar refractivity (Wildman–Crippen MR) is 57.5 cm³/mol. The van der Waals surface area contributed by atoms with Crippen LogP contribution in [0.3, 0.4) is 0 Å². The molecule has 0 aromatic heterocycles. The van der Waals surface area contributed by atoms with E-state index in [0.29, 0.717) is 11.5 Å². The maximum Gasteiger partial charge on any atom is 0.0613 e. The van der Waals surface area contributed by atoms with Crippen LogP contribution in [0.1, 0.15) is 26.7 Å². The molecule has 1 saturated heterocycles. The number of rotatable bonds is 5. The van der Waals surface area contributed by atoms with Crippen LogP contribution in [0, 0.1) is 5.41 Å². The van der Waals surface area contributed by atoms with E-state index in [-0.39, 0.29) is 0 Å². The summed E-state index contributed by atoms with van der Waals surface area (Å²) >= 11 is 0. The van der Waals surface area contributed by atoms with Crippen molar-refractivity contribution in [1.82, 2.24) is 5.32 Å². The van der Waals surface area contributed by atoms with Gasteiger partial charge in [0.05, 0.1) is 6.61 Å². The number of hydrogen-bond donors (Lipinski definition) is 1. The Hall–Kier alpha value is -0.120. The van der Waals surface area contributed by atoms with Crippen molar-refractivity contribution in [2.45, 2.75) is 32.7 Å². The minimum atomic E-state index is 0.417. The standard InChI is InChI=1S/C11H23NO2/c1-10(8-13-3)12-9-11(2)4-6-14-7-5-11/h10,12H,4-9H2,1-3H3. The van der Waals surface area contributed by atoms with Crippen molar-refractivity contribution < 1.29 is 9.47 Å². The Balaban J connectivity index is 2.21. The molecule has 0 bridgehead atoms. The van der Waals surface area contributed by atoms with Crippen molar-refractivity contribution >= 4 is 0 Å². The Labute approximate surface area is 87.2 Å². The fourth-order valence-corrected chi connectivity index (χ4v) is 1.77. The number of ether oxygens (including phenoxy) is 2. The first-order valence-corrected chi connectivity index (χ1v) is 5.46. The third kappa shape index (κ3) is 3.95. The lowest BCUT2D eigenvalue weighted by Crippen LogP contribution is -2.41. The molecule has 0 amide bonds. The average Bonchev–Trinajstić information content (AvgIpc) is 2.17. The highest BCUT2D eigenvalue weighted by molar-refractivity contribution is 4.80. The Bertz CT molecular complexity index is 155. The molecular weight excluding hydrogens is 178 g/mol.